The van der Waals surface area contributed by atoms with E-state index in [1.54, 1.807) is 27.3 Å². The number of nitrogens with one attached hydrogen (secondary N) is 1. The van der Waals surface area contributed by atoms with Gasteiger partial charge in [0, 0.05) is 40.8 Å². The van der Waals surface area contributed by atoms with Crippen molar-refractivity contribution in [1.29, 1.82) is 0 Å². The summed E-state index contributed by atoms with van der Waals surface area (Å²) in [6, 6.07) is 5.52. The number of likely N-dealkylation sites (tertiary alicyclic amines) is 1. The predicted octanol–water partition coefficient (Wildman–Crippen LogP) is 1.16. The van der Waals surface area contributed by atoms with Crippen molar-refractivity contribution < 1.29 is 9.53 Å². The zero-order valence-corrected chi connectivity index (χ0v) is 13.7. The van der Waals surface area contributed by atoms with Gasteiger partial charge >= 0.3 is 0 Å². The molecule has 22 heavy (non-hydrogen) atoms. The molecule has 1 aromatic heterocycles. The second-order valence-electron chi connectivity index (χ2n) is 5.94. The first-order valence-corrected chi connectivity index (χ1v) is 7.74. The Morgan fingerprint density at radius 1 is 1.50 bits per heavy atom. The van der Waals surface area contributed by atoms with Gasteiger partial charge in [-0.1, -0.05) is 6.07 Å². The first kappa shape index (κ1) is 16.7. The number of carbonyl (C=O) groups excluding carboxylic acids is 1. The van der Waals surface area contributed by atoms with E-state index in [0.717, 1.165) is 38.6 Å². The fourth-order valence-electron chi connectivity index (χ4n) is 2.63. The molecule has 0 aliphatic carbocycles. The lowest BCUT2D eigenvalue weighted by Gasteiger charge is -2.16. The summed E-state index contributed by atoms with van der Waals surface area (Å²) in [5, 5.41) is 3.36. The van der Waals surface area contributed by atoms with Crippen molar-refractivity contribution in [2.24, 2.45) is 5.92 Å². The van der Waals surface area contributed by atoms with Crippen LogP contribution in [0.3, 0.4) is 0 Å². The zero-order valence-electron chi connectivity index (χ0n) is 13.7. The van der Waals surface area contributed by atoms with Gasteiger partial charge in [-0.25, -0.2) is 4.98 Å². The maximum absolute atomic E-state index is 11.9. The van der Waals surface area contributed by atoms with Crippen LogP contribution in [0.25, 0.3) is 0 Å². The highest BCUT2D eigenvalue weighted by Gasteiger charge is 2.21. The van der Waals surface area contributed by atoms with Gasteiger partial charge in [-0.05, 0) is 31.0 Å². The second kappa shape index (κ2) is 8.10. The van der Waals surface area contributed by atoms with Crippen LogP contribution in [-0.4, -0.2) is 74.7 Å². The van der Waals surface area contributed by atoms with Crippen molar-refractivity contribution in [2.75, 3.05) is 59.3 Å². The highest BCUT2D eigenvalue weighted by atomic mass is 16.5. The molecule has 0 bridgehead atoms. The minimum absolute atomic E-state index is 0.0738. The molecule has 1 saturated heterocycles. The minimum atomic E-state index is -0.0738. The standard InChI is InChI=1S/C16H26N4O2/c1-19(2)16(21)14-5-4-6-15(18-14)17-11-13-7-8-20(12-13)9-10-22-3/h4-6,13H,7-12H2,1-3H3,(H,17,18). The Morgan fingerprint density at radius 3 is 3.05 bits per heavy atom. The number of nitrogens with zero attached hydrogens (tertiary/aromatic N) is 3. The van der Waals surface area contributed by atoms with Crippen molar-refractivity contribution in [3.8, 4) is 0 Å². The third-order valence-corrected chi connectivity index (χ3v) is 3.93. The van der Waals surface area contributed by atoms with E-state index in [-0.39, 0.29) is 5.91 Å². The van der Waals surface area contributed by atoms with Gasteiger partial charge in [0.2, 0.25) is 0 Å². The SMILES string of the molecule is COCCN1CCC(CNc2cccc(C(=O)N(C)C)n2)C1. The average Bonchev–Trinajstić information content (AvgIpc) is 2.98. The molecule has 0 radical (unpaired) electrons. The Balaban J connectivity index is 1.82. The van der Waals surface area contributed by atoms with Crippen molar-refractivity contribution in [3.05, 3.63) is 23.9 Å². The van der Waals surface area contributed by atoms with Crippen LogP contribution in [0.4, 0.5) is 5.82 Å². The van der Waals surface area contributed by atoms with Crippen LogP contribution >= 0.6 is 0 Å². The molecule has 2 rings (SSSR count). The molecule has 1 amide bonds. The number of hydrogen-bond acceptors (Lipinski definition) is 5. The number of rotatable bonds is 7. The molecule has 0 spiro atoms. The molecule has 0 aromatic carbocycles. The van der Waals surface area contributed by atoms with Crippen LogP contribution in [0.2, 0.25) is 0 Å². The Kier molecular flexibility index (Phi) is 6.15. The smallest absolute Gasteiger partial charge is 0.272 e. The number of anilines is 1. The second-order valence-corrected chi connectivity index (χ2v) is 5.94. The first-order valence-electron chi connectivity index (χ1n) is 7.74. The molecule has 1 fully saturated rings. The summed E-state index contributed by atoms with van der Waals surface area (Å²) in [6.07, 6.45) is 1.19. The van der Waals surface area contributed by atoms with Gasteiger partial charge in [-0.3, -0.25) is 4.79 Å². The van der Waals surface area contributed by atoms with Crippen molar-refractivity contribution in [2.45, 2.75) is 6.42 Å². The molecule has 1 unspecified atom stereocenters. The van der Waals surface area contributed by atoms with Gasteiger partial charge in [0.15, 0.2) is 0 Å². The van der Waals surface area contributed by atoms with Crippen LogP contribution in [0.15, 0.2) is 18.2 Å². The number of hydrogen-bond donors (Lipinski definition) is 1. The molecule has 1 aromatic rings. The van der Waals surface area contributed by atoms with E-state index in [1.165, 1.54) is 11.3 Å². The summed E-state index contributed by atoms with van der Waals surface area (Å²) in [5.41, 5.74) is 0.475. The lowest BCUT2D eigenvalue weighted by Crippen LogP contribution is -2.26. The summed E-state index contributed by atoms with van der Waals surface area (Å²) < 4.78 is 5.12. The van der Waals surface area contributed by atoms with Gasteiger partial charge in [-0.15, -0.1) is 0 Å². The summed E-state index contributed by atoms with van der Waals surface area (Å²) >= 11 is 0. The van der Waals surface area contributed by atoms with E-state index in [4.69, 9.17) is 4.74 Å². The maximum atomic E-state index is 11.9. The molecular weight excluding hydrogens is 280 g/mol. The topological polar surface area (TPSA) is 57.7 Å². The van der Waals surface area contributed by atoms with Gasteiger partial charge in [-0.2, -0.15) is 0 Å². The van der Waals surface area contributed by atoms with E-state index in [0.29, 0.717) is 11.6 Å². The Bertz CT molecular complexity index is 493. The molecule has 1 N–H and O–H groups in total. The number of pyridine rings is 1. The average molecular weight is 306 g/mol. The fraction of sp³-hybridized carbons (Fsp3) is 0.625. The maximum Gasteiger partial charge on any atom is 0.272 e. The third-order valence-electron chi connectivity index (χ3n) is 3.93. The molecule has 0 saturated carbocycles. The van der Waals surface area contributed by atoms with Gasteiger partial charge in [0.25, 0.3) is 5.91 Å². The molecule has 2 heterocycles. The number of carbonyl (C=O) groups is 1. The fourth-order valence-corrected chi connectivity index (χ4v) is 2.63. The quantitative estimate of drug-likeness (QED) is 0.819. The van der Waals surface area contributed by atoms with Crippen molar-refractivity contribution in [3.63, 3.8) is 0 Å². The highest BCUT2D eigenvalue weighted by Crippen LogP contribution is 2.16. The predicted molar refractivity (Wildman–Crippen MR) is 87.2 cm³/mol. The Morgan fingerprint density at radius 2 is 2.32 bits per heavy atom. The van der Waals surface area contributed by atoms with Crippen LogP contribution in [0.5, 0.6) is 0 Å². The molecule has 6 nitrogen and oxygen atoms in total. The Labute approximate surface area is 132 Å². The summed E-state index contributed by atoms with van der Waals surface area (Å²) in [5.74, 6) is 1.31. The largest absolute Gasteiger partial charge is 0.383 e. The van der Waals surface area contributed by atoms with E-state index >= 15 is 0 Å². The number of ether oxygens (including phenoxy) is 1. The Hall–Kier alpha value is -1.66. The number of amides is 1. The molecule has 6 heteroatoms. The van der Waals surface area contributed by atoms with Crippen LogP contribution in [-0.2, 0) is 4.74 Å². The molecular formula is C16H26N4O2. The van der Waals surface area contributed by atoms with Gasteiger partial charge in [0.05, 0.1) is 6.61 Å². The van der Waals surface area contributed by atoms with Crippen molar-refractivity contribution >= 4 is 11.7 Å². The number of methoxy groups -OCH3 is 1. The molecule has 1 aliphatic heterocycles. The van der Waals surface area contributed by atoms with Crippen molar-refractivity contribution in [1.82, 2.24) is 14.8 Å². The molecule has 1 aliphatic rings. The zero-order chi connectivity index (χ0) is 15.9. The van der Waals surface area contributed by atoms with Crippen LogP contribution < -0.4 is 5.32 Å². The van der Waals surface area contributed by atoms with Crippen LogP contribution in [0, 0.1) is 5.92 Å². The van der Waals surface area contributed by atoms with Crippen LogP contribution in [0.1, 0.15) is 16.9 Å². The molecule has 1 atom stereocenters. The molecule has 122 valence electrons. The van der Waals surface area contributed by atoms with E-state index in [9.17, 15) is 4.79 Å². The monoisotopic (exact) mass is 306 g/mol. The minimum Gasteiger partial charge on any atom is -0.383 e. The third kappa shape index (κ3) is 4.68. The number of aromatic nitrogens is 1. The lowest BCUT2D eigenvalue weighted by atomic mass is 10.1. The van der Waals surface area contributed by atoms with Gasteiger partial charge in [0.1, 0.15) is 11.5 Å². The van der Waals surface area contributed by atoms with Gasteiger partial charge < -0.3 is 19.9 Å². The first-order chi connectivity index (χ1) is 10.6. The summed E-state index contributed by atoms with van der Waals surface area (Å²) in [4.78, 5) is 20.3. The van der Waals surface area contributed by atoms with E-state index < -0.39 is 0 Å². The van der Waals surface area contributed by atoms with E-state index in [1.807, 2.05) is 12.1 Å². The highest BCUT2D eigenvalue weighted by molar-refractivity contribution is 5.92. The normalized spacial score (nSPS) is 18.4. The summed E-state index contributed by atoms with van der Waals surface area (Å²) in [7, 11) is 5.21. The van der Waals surface area contributed by atoms with E-state index in [2.05, 4.69) is 15.2 Å². The lowest BCUT2D eigenvalue weighted by molar-refractivity contribution is 0.0822. The summed E-state index contributed by atoms with van der Waals surface area (Å²) in [6.45, 7) is 4.89.